The summed E-state index contributed by atoms with van der Waals surface area (Å²) in [6, 6.07) is 3.42. The Balaban J connectivity index is 3.28. The third-order valence-electron chi connectivity index (χ3n) is 3.20. The highest BCUT2D eigenvalue weighted by atomic mass is 16.5. The number of hydrogen-bond donors (Lipinski definition) is 1. The summed E-state index contributed by atoms with van der Waals surface area (Å²) in [5.74, 6) is 0.477. The van der Waals surface area contributed by atoms with Crippen molar-refractivity contribution in [2.75, 3.05) is 35.0 Å². The van der Waals surface area contributed by atoms with Gasteiger partial charge in [-0.15, -0.1) is 0 Å². The highest BCUT2D eigenvalue weighted by molar-refractivity contribution is 6.10. The van der Waals surface area contributed by atoms with Crippen molar-refractivity contribution in [3.05, 3.63) is 35.1 Å². The maximum atomic E-state index is 11.7. The number of nitrogens with zero attached hydrogens (tertiary/aromatic N) is 1. The van der Waals surface area contributed by atoms with Crippen molar-refractivity contribution >= 4 is 18.3 Å². The van der Waals surface area contributed by atoms with Crippen molar-refractivity contribution in [3.8, 4) is 17.2 Å². The average molecular weight is 349 g/mol. The monoisotopic (exact) mass is 349 g/mol. The number of benzene rings is 1. The molecule has 1 rings (SSSR count). The Morgan fingerprint density at radius 3 is 2.16 bits per heavy atom. The molecule has 0 amide bonds. The van der Waals surface area contributed by atoms with Crippen LogP contribution in [-0.2, 0) is 9.53 Å². The van der Waals surface area contributed by atoms with Gasteiger partial charge in [0.2, 0.25) is 5.75 Å². The number of methoxy groups -OCH3 is 4. The molecule has 1 aromatic carbocycles. The van der Waals surface area contributed by atoms with Crippen LogP contribution >= 0.6 is 0 Å². The summed E-state index contributed by atoms with van der Waals surface area (Å²) in [7, 11) is 5.77. The van der Waals surface area contributed by atoms with Gasteiger partial charge in [0.15, 0.2) is 11.5 Å². The van der Waals surface area contributed by atoms with Gasteiger partial charge < -0.3 is 24.1 Å². The van der Waals surface area contributed by atoms with Crippen LogP contribution in [0, 0.1) is 0 Å². The minimum Gasteiger partial charge on any atom is -0.507 e. The minimum absolute atomic E-state index is 0.0342. The summed E-state index contributed by atoms with van der Waals surface area (Å²) in [6.07, 6.45) is 4.25. The van der Waals surface area contributed by atoms with Gasteiger partial charge in [0, 0.05) is 12.8 Å². The number of allylic oxidation sites excluding steroid dienone is 1. The van der Waals surface area contributed by atoms with Crippen molar-refractivity contribution in [3.63, 3.8) is 0 Å². The fourth-order valence-corrected chi connectivity index (χ4v) is 1.98. The lowest BCUT2D eigenvalue weighted by molar-refractivity contribution is -0.135. The van der Waals surface area contributed by atoms with E-state index in [2.05, 4.69) is 9.73 Å². The van der Waals surface area contributed by atoms with Gasteiger partial charge in [-0.05, 0) is 30.7 Å². The van der Waals surface area contributed by atoms with E-state index < -0.39 is 5.97 Å². The lowest BCUT2D eigenvalue weighted by atomic mass is 10.1. The van der Waals surface area contributed by atoms with Gasteiger partial charge in [-0.25, -0.2) is 4.79 Å². The second-order valence-corrected chi connectivity index (χ2v) is 4.71. The third-order valence-corrected chi connectivity index (χ3v) is 3.20. The molecule has 0 unspecified atom stereocenters. The number of esters is 1. The van der Waals surface area contributed by atoms with E-state index in [0.717, 1.165) is 0 Å². The van der Waals surface area contributed by atoms with Crippen LogP contribution < -0.4 is 14.2 Å². The largest absolute Gasteiger partial charge is 0.507 e. The van der Waals surface area contributed by atoms with Crippen molar-refractivity contribution in [2.45, 2.75) is 6.92 Å². The van der Waals surface area contributed by atoms with Gasteiger partial charge in [0.25, 0.3) is 0 Å². The zero-order valence-corrected chi connectivity index (χ0v) is 15.0. The summed E-state index contributed by atoms with van der Waals surface area (Å²) in [4.78, 5) is 15.7. The molecule has 136 valence electrons. The summed E-state index contributed by atoms with van der Waals surface area (Å²) < 4.78 is 20.5. The number of ether oxygens (including phenoxy) is 4. The smallest absolute Gasteiger partial charge is 0.343 e. The molecule has 0 aliphatic rings. The first-order valence-corrected chi connectivity index (χ1v) is 7.51. The van der Waals surface area contributed by atoms with E-state index in [1.54, 1.807) is 18.2 Å². The van der Waals surface area contributed by atoms with Crippen LogP contribution in [0.5, 0.6) is 17.2 Å². The van der Waals surface area contributed by atoms with Gasteiger partial charge in [-0.3, -0.25) is 4.99 Å². The molecule has 0 aromatic heterocycles. The van der Waals surface area contributed by atoms with E-state index in [1.807, 2.05) is 6.92 Å². The van der Waals surface area contributed by atoms with Crippen molar-refractivity contribution in [2.24, 2.45) is 4.99 Å². The SMILES string of the molecule is CCN=CC(C(=O)OC)=C(O)C=Cc1cc(OC)c(OC)c(OC)c1. The zero-order valence-electron chi connectivity index (χ0n) is 15.0. The molecule has 1 N–H and O–H groups in total. The minimum atomic E-state index is -0.677. The Kier molecular flexibility index (Phi) is 8.05. The summed E-state index contributed by atoms with van der Waals surface area (Å²) in [5, 5.41) is 10.2. The number of aliphatic hydroxyl groups is 1. The van der Waals surface area contributed by atoms with E-state index >= 15 is 0 Å². The zero-order chi connectivity index (χ0) is 18.8. The highest BCUT2D eigenvalue weighted by Gasteiger charge is 2.14. The summed E-state index contributed by atoms with van der Waals surface area (Å²) in [5.41, 5.74) is 0.644. The van der Waals surface area contributed by atoms with Crippen LogP contribution in [0.25, 0.3) is 6.08 Å². The maximum Gasteiger partial charge on any atom is 0.343 e. The molecule has 0 saturated heterocycles. The van der Waals surface area contributed by atoms with E-state index in [4.69, 9.17) is 14.2 Å². The molecule has 0 spiro atoms. The lowest BCUT2D eigenvalue weighted by Gasteiger charge is -2.12. The molecule has 0 aliphatic heterocycles. The second-order valence-electron chi connectivity index (χ2n) is 4.71. The van der Waals surface area contributed by atoms with Gasteiger partial charge in [0.1, 0.15) is 11.3 Å². The molecule has 0 radical (unpaired) electrons. The van der Waals surface area contributed by atoms with Gasteiger partial charge in [-0.2, -0.15) is 0 Å². The summed E-state index contributed by atoms with van der Waals surface area (Å²) in [6.45, 7) is 2.29. The predicted molar refractivity (Wildman–Crippen MR) is 95.8 cm³/mol. The van der Waals surface area contributed by atoms with Crippen molar-refractivity contribution in [1.82, 2.24) is 0 Å². The van der Waals surface area contributed by atoms with E-state index in [-0.39, 0.29) is 11.3 Å². The number of aliphatic hydroxyl groups excluding tert-OH is 1. The molecule has 7 nitrogen and oxygen atoms in total. The number of hydrogen-bond acceptors (Lipinski definition) is 7. The van der Waals surface area contributed by atoms with Crippen LogP contribution in [0.4, 0.5) is 0 Å². The molecular formula is C18H23NO6. The number of rotatable bonds is 8. The topological polar surface area (TPSA) is 86.6 Å². The van der Waals surface area contributed by atoms with Gasteiger partial charge >= 0.3 is 5.97 Å². The molecule has 7 heteroatoms. The van der Waals surface area contributed by atoms with Crippen LogP contribution in [0.2, 0.25) is 0 Å². The van der Waals surface area contributed by atoms with Gasteiger partial charge in [0.05, 0.1) is 28.4 Å². The van der Waals surface area contributed by atoms with Crippen molar-refractivity contribution in [1.29, 1.82) is 0 Å². The van der Waals surface area contributed by atoms with E-state index in [0.29, 0.717) is 29.4 Å². The van der Waals surface area contributed by atoms with E-state index in [9.17, 15) is 9.90 Å². The number of carbonyl (C=O) groups excluding carboxylic acids is 1. The standard InChI is InChI=1S/C18H23NO6/c1-6-19-11-13(18(21)25-5)14(20)8-7-12-9-15(22-2)17(24-4)16(10-12)23-3/h7-11,20H,6H2,1-5H3. The highest BCUT2D eigenvalue weighted by Crippen LogP contribution is 2.38. The molecule has 0 bridgehead atoms. The van der Waals surface area contributed by atoms with E-state index in [1.165, 1.54) is 40.7 Å². The first-order chi connectivity index (χ1) is 12.0. The fraction of sp³-hybridized carbons (Fsp3) is 0.333. The van der Waals surface area contributed by atoms with Crippen LogP contribution in [0.3, 0.4) is 0 Å². The Labute approximate surface area is 147 Å². The fourth-order valence-electron chi connectivity index (χ4n) is 1.98. The molecule has 25 heavy (non-hydrogen) atoms. The predicted octanol–water partition coefficient (Wildman–Crippen LogP) is 2.80. The summed E-state index contributed by atoms with van der Waals surface area (Å²) >= 11 is 0. The molecular weight excluding hydrogens is 326 g/mol. The molecule has 0 aliphatic carbocycles. The Morgan fingerprint density at radius 2 is 1.72 bits per heavy atom. The van der Waals surface area contributed by atoms with Gasteiger partial charge in [-0.1, -0.05) is 6.08 Å². The van der Waals surface area contributed by atoms with Crippen LogP contribution in [-0.4, -0.2) is 52.3 Å². The van der Waals surface area contributed by atoms with Crippen LogP contribution in [0.1, 0.15) is 12.5 Å². The Morgan fingerprint density at radius 1 is 1.12 bits per heavy atom. The molecule has 1 aromatic rings. The molecule has 0 atom stereocenters. The van der Waals surface area contributed by atoms with Crippen LogP contribution in [0.15, 0.2) is 34.5 Å². The number of aliphatic imine (C=N–C) groups is 1. The number of carbonyl (C=O) groups is 1. The first-order valence-electron chi connectivity index (χ1n) is 7.51. The quantitative estimate of drug-likeness (QED) is 0.255. The Bertz CT molecular complexity index is 666. The maximum absolute atomic E-state index is 11.7. The lowest BCUT2D eigenvalue weighted by Crippen LogP contribution is -2.08. The average Bonchev–Trinajstić information content (AvgIpc) is 2.65. The normalized spacial score (nSPS) is 12.2. The first kappa shape index (κ1) is 20.1. The molecule has 0 saturated carbocycles. The Hall–Kier alpha value is -2.96. The molecule has 0 heterocycles. The second kappa shape index (κ2) is 10.0. The van der Waals surface area contributed by atoms with Crippen molar-refractivity contribution < 1.29 is 28.8 Å². The third kappa shape index (κ3) is 5.27. The molecule has 0 fully saturated rings.